The zero-order chi connectivity index (χ0) is 15.3. The maximum absolute atomic E-state index is 6.96. The van der Waals surface area contributed by atoms with Gasteiger partial charge in [0.05, 0.1) is 0 Å². The van der Waals surface area contributed by atoms with E-state index >= 15 is 0 Å². The van der Waals surface area contributed by atoms with Crippen molar-refractivity contribution in [2.24, 2.45) is 16.6 Å². The number of hydrogen-bond donors (Lipinski definition) is 1. The Bertz CT molecular complexity index is 649. The molecular weight excluding hydrogens is 256 g/mol. The Morgan fingerprint density at radius 3 is 2.19 bits per heavy atom. The fraction of sp³-hybridized carbons (Fsp3) is 0.526. The molecule has 0 unspecified atom stereocenters. The van der Waals surface area contributed by atoms with Gasteiger partial charge >= 0.3 is 0 Å². The second-order valence-corrected chi connectivity index (χ2v) is 8.42. The third-order valence-corrected chi connectivity index (χ3v) is 4.75. The van der Waals surface area contributed by atoms with Crippen molar-refractivity contribution in [1.82, 2.24) is 4.98 Å². The van der Waals surface area contributed by atoms with Crippen molar-refractivity contribution < 1.29 is 0 Å². The molecule has 2 aromatic rings. The van der Waals surface area contributed by atoms with Gasteiger partial charge in [0.1, 0.15) is 0 Å². The van der Waals surface area contributed by atoms with Crippen molar-refractivity contribution in [3.8, 4) is 0 Å². The summed E-state index contributed by atoms with van der Waals surface area (Å²) in [6.45, 7) is 9.37. The normalized spacial score (nSPS) is 23.1. The Morgan fingerprint density at radius 2 is 1.52 bits per heavy atom. The van der Waals surface area contributed by atoms with Crippen LogP contribution in [-0.4, -0.2) is 4.98 Å². The number of hydrogen-bond acceptors (Lipinski definition) is 2. The fourth-order valence-electron chi connectivity index (χ4n) is 4.89. The molecule has 1 aliphatic carbocycles. The van der Waals surface area contributed by atoms with E-state index in [4.69, 9.17) is 5.73 Å². The molecule has 0 bridgehead atoms. The first kappa shape index (κ1) is 14.5. The molecule has 3 rings (SSSR count). The minimum Gasteiger partial charge on any atom is -0.321 e. The largest absolute Gasteiger partial charge is 0.321 e. The molecule has 0 atom stereocenters. The molecule has 0 amide bonds. The predicted molar refractivity (Wildman–Crippen MR) is 89.0 cm³/mol. The van der Waals surface area contributed by atoms with Gasteiger partial charge < -0.3 is 5.73 Å². The van der Waals surface area contributed by atoms with Crippen LogP contribution in [0, 0.1) is 10.8 Å². The molecule has 1 saturated carbocycles. The number of nitrogens with zero attached hydrogens (tertiary/aromatic N) is 1. The summed E-state index contributed by atoms with van der Waals surface area (Å²) in [5, 5.41) is 2.43. The number of pyridine rings is 1. The van der Waals surface area contributed by atoms with E-state index in [0.29, 0.717) is 0 Å². The van der Waals surface area contributed by atoms with Crippen molar-refractivity contribution >= 4 is 10.8 Å². The maximum Gasteiger partial charge on any atom is 0.0441 e. The second-order valence-electron chi connectivity index (χ2n) is 8.42. The summed E-state index contributed by atoms with van der Waals surface area (Å²) >= 11 is 0. The molecule has 0 spiro atoms. The lowest BCUT2D eigenvalue weighted by Gasteiger charge is -2.50. The topological polar surface area (TPSA) is 38.9 Å². The SMILES string of the molecule is CC1(C)CC(C)(C)CC(N)(c2cncc3ccccc23)C1. The molecular formula is C19H26N2. The summed E-state index contributed by atoms with van der Waals surface area (Å²) in [5.41, 5.74) is 8.39. The van der Waals surface area contributed by atoms with Crippen LogP contribution in [0.2, 0.25) is 0 Å². The van der Waals surface area contributed by atoms with Crippen LogP contribution in [0.3, 0.4) is 0 Å². The summed E-state index contributed by atoms with van der Waals surface area (Å²) in [7, 11) is 0. The van der Waals surface area contributed by atoms with Gasteiger partial charge in [0, 0.05) is 23.3 Å². The summed E-state index contributed by atoms with van der Waals surface area (Å²) in [4.78, 5) is 4.45. The first-order valence-electron chi connectivity index (χ1n) is 7.83. The number of benzene rings is 1. The van der Waals surface area contributed by atoms with Gasteiger partial charge in [-0.15, -0.1) is 0 Å². The summed E-state index contributed by atoms with van der Waals surface area (Å²) < 4.78 is 0. The Labute approximate surface area is 127 Å². The first-order chi connectivity index (χ1) is 9.71. The van der Waals surface area contributed by atoms with Gasteiger partial charge in [-0.1, -0.05) is 52.0 Å². The Balaban J connectivity index is 2.16. The van der Waals surface area contributed by atoms with Gasteiger partial charge in [0.2, 0.25) is 0 Å². The Hall–Kier alpha value is -1.41. The van der Waals surface area contributed by atoms with Crippen molar-refractivity contribution in [1.29, 1.82) is 0 Å². The van der Waals surface area contributed by atoms with Crippen LogP contribution in [0.5, 0.6) is 0 Å². The zero-order valence-corrected chi connectivity index (χ0v) is 13.6. The van der Waals surface area contributed by atoms with Gasteiger partial charge in [0.25, 0.3) is 0 Å². The highest BCUT2D eigenvalue weighted by atomic mass is 14.8. The van der Waals surface area contributed by atoms with Crippen LogP contribution in [0.25, 0.3) is 10.8 Å². The average Bonchev–Trinajstić information content (AvgIpc) is 2.33. The number of fused-ring (bicyclic) bond motifs is 1. The average molecular weight is 282 g/mol. The molecule has 0 saturated heterocycles. The molecule has 1 aliphatic rings. The molecule has 21 heavy (non-hydrogen) atoms. The number of nitrogens with two attached hydrogens (primary N) is 1. The lowest BCUT2D eigenvalue weighted by Crippen LogP contribution is -2.50. The smallest absolute Gasteiger partial charge is 0.0441 e. The standard InChI is InChI=1S/C19H26N2/c1-17(2)11-18(3,4)13-19(20,12-17)16-10-21-9-14-7-5-6-8-15(14)16/h5-10H,11-13,20H2,1-4H3. The molecule has 2 heteroatoms. The van der Waals surface area contributed by atoms with Gasteiger partial charge in [-0.3, -0.25) is 4.98 Å². The fourth-order valence-corrected chi connectivity index (χ4v) is 4.89. The quantitative estimate of drug-likeness (QED) is 0.828. The molecule has 1 heterocycles. The van der Waals surface area contributed by atoms with E-state index < -0.39 is 0 Å². The highest BCUT2D eigenvalue weighted by Gasteiger charge is 2.46. The Morgan fingerprint density at radius 1 is 0.905 bits per heavy atom. The monoisotopic (exact) mass is 282 g/mol. The molecule has 112 valence electrons. The number of aromatic nitrogens is 1. The molecule has 1 aromatic carbocycles. The molecule has 0 radical (unpaired) electrons. The highest BCUT2D eigenvalue weighted by molar-refractivity contribution is 5.85. The van der Waals surface area contributed by atoms with Crippen LogP contribution in [0.4, 0.5) is 0 Å². The predicted octanol–water partition coefficient (Wildman–Crippen LogP) is 4.63. The van der Waals surface area contributed by atoms with Gasteiger partial charge in [-0.2, -0.15) is 0 Å². The highest BCUT2D eigenvalue weighted by Crippen LogP contribution is 2.53. The van der Waals surface area contributed by atoms with E-state index in [0.717, 1.165) is 12.8 Å². The van der Waals surface area contributed by atoms with E-state index in [9.17, 15) is 0 Å². The third kappa shape index (κ3) is 2.69. The molecule has 2 nitrogen and oxygen atoms in total. The summed E-state index contributed by atoms with van der Waals surface area (Å²) in [6, 6.07) is 8.45. The minimum absolute atomic E-state index is 0.257. The van der Waals surface area contributed by atoms with E-state index in [1.165, 1.54) is 22.8 Å². The second kappa shape index (κ2) is 4.54. The summed E-state index contributed by atoms with van der Waals surface area (Å²) in [6.07, 6.45) is 7.16. The van der Waals surface area contributed by atoms with Crippen molar-refractivity contribution in [2.75, 3.05) is 0 Å². The molecule has 1 aromatic heterocycles. The number of rotatable bonds is 1. The van der Waals surface area contributed by atoms with Gasteiger partial charge in [0.15, 0.2) is 0 Å². The van der Waals surface area contributed by atoms with E-state index in [2.05, 4.69) is 56.9 Å². The van der Waals surface area contributed by atoms with Gasteiger partial charge in [-0.25, -0.2) is 0 Å². The van der Waals surface area contributed by atoms with E-state index in [1.807, 2.05) is 12.4 Å². The van der Waals surface area contributed by atoms with Crippen LogP contribution < -0.4 is 5.73 Å². The lowest BCUT2D eigenvalue weighted by molar-refractivity contribution is 0.0476. The lowest BCUT2D eigenvalue weighted by atomic mass is 9.57. The molecule has 1 fully saturated rings. The van der Waals surface area contributed by atoms with Crippen molar-refractivity contribution in [3.63, 3.8) is 0 Å². The third-order valence-electron chi connectivity index (χ3n) is 4.75. The maximum atomic E-state index is 6.96. The van der Waals surface area contributed by atoms with Crippen LogP contribution in [-0.2, 0) is 5.54 Å². The Kier molecular flexibility index (Phi) is 3.14. The minimum atomic E-state index is -0.293. The van der Waals surface area contributed by atoms with E-state index in [-0.39, 0.29) is 16.4 Å². The van der Waals surface area contributed by atoms with Crippen LogP contribution >= 0.6 is 0 Å². The van der Waals surface area contributed by atoms with Crippen LogP contribution in [0.15, 0.2) is 36.7 Å². The van der Waals surface area contributed by atoms with E-state index in [1.54, 1.807) is 0 Å². The van der Waals surface area contributed by atoms with Crippen molar-refractivity contribution in [2.45, 2.75) is 52.5 Å². The van der Waals surface area contributed by atoms with Crippen molar-refractivity contribution in [3.05, 3.63) is 42.2 Å². The summed E-state index contributed by atoms with van der Waals surface area (Å²) in [5.74, 6) is 0. The molecule has 0 aliphatic heterocycles. The van der Waals surface area contributed by atoms with Crippen LogP contribution in [0.1, 0.15) is 52.5 Å². The molecule has 2 N–H and O–H groups in total. The van der Waals surface area contributed by atoms with Gasteiger partial charge in [-0.05, 0) is 41.0 Å². The first-order valence-corrected chi connectivity index (χ1v) is 7.83. The zero-order valence-electron chi connectivity index (χ0n) is 13.6.